The molecule has 0 spiro atoms. The zero-order valence-electron chi connectivity index (χ0n) is 6.33. The van der Waals surface area contributed by atoms with Crippen LogP contribution in [0.5, 0.6) is 0 Å². The van der Waals surface area contributed by atoms with Gasteiger partial charge in [0.25, 0.3) is 5.69 Å². The molecule has 0 saturated carbocycles. The van der Waals surface area contributed by atoms with Gasteiger partial charge in [0.05, 0.1) is 6.57 Å². The highest BCUT2D eigenvalue weighted by molar-refractivity contribution is 6.58. The Labute approximate surface area is 73.2 Å². The lowest BCUT2D eigenvalue weighted by atomic mass is 9.79. The van der Waals surface area contributed by atoms with E-state index in [2.05, 4.69) is 4.85 Å². The molecule has 0 aliphatic heterocycles. The van der Waals surface area contributed by atoms with Crippen LogP contribution in [0.1, 0.15) is 0 Å². The van der Waals surface area contributed by atoms with Crippen LogP contribution in [0, 0.1) is 18.2 Å². The first-order valence-electron chi connectivity index (χ1n) is 3.29. The maximum atomic E-state index is 13.0. The molecule has 1 aromatic carbocycles. The van der Waals surface area contributed by atoms with E-state index in [1.54, 1.807) is 0 Å². The fourth-order valence-corrected chi connectivity index (χ4v) is 0.858. The maximum Gasteiger partial charge on any atom is 0.490 e. The molecule has 0 atom stereocenters. The molecule has 0 unspecified atom stereocenters. The molecule has 13 heavy (non-hydrogen) atoms. The van der Waals surface area contributed by atoms with Gasteiger partial charge in [-0.3, -0.25) is 0 Å². The van der Waals surface area contributed by atoms with Gasteiger partial charge in [-0.1, -0.05) is 6.07 Å². The van der Waals surface area contributed by atoms with Crippen LogP contribution in [0.25, 0.3) is 4.85 Å². The molecular formula is C7H4BF2NO2. The Morgan fingerprint density at radius 1 is 1.31 bits per heavy atom. The fourth-order valence-electron chi connectivity index (χ4n) is 0.858. The van der Waals surface area contributed by atoms with Crippen LogP contribution in [0.15, 0.2) is 12.1 Å². The van der Waals surface area contributed by atoms with E-state index >= 15 is 0 Å². The van der Waals surface area contributed by atoms with Crippen molar-refractivity contribution in [2.75, 3.05) is 0 Å². The first-order chi connectivity index (χ1) is 6.07. The van der Waals surface area contributed by atoms with Gasteiger partial charge in [-0.05, 0) is 6.07 Å². The SMILES string of the molecule is [C-]#[N+]c1c(F)ccc(B(O)O)c1F. The first-order valence-corrected chi connectivity index (χ1v) is 3.29. The number of benzene rings is 1. The van der Waals surface area contributed by atoms with Gasteiger partial charge in [-0.2, -0.15) is 0 Å². The second kappa shape index (κ2) is 3.52. The number of halogens is 2. The summed E-state index contributed by atoms with van der Waals surface area (Å²) >= 11 is 0. The molecule has 3 nitrogen and oxygen atoms in total. The van der Waals surface area contributed by atoms with Crippen LogP contribution in [0.3, 0.4) is 0 Å². The van der Waals surface area contributed by atoms with Crippen LogP contribution in [0.2, 0.25) is 0 Å². The lowest BCUT2D eigenvalue weighted by molar-refractivity contribution is 0.423. The Morgan fingerprint density at radius 2 is 1.92 bits per heavy atom. The van der Waals surface area contributed by atoms with Crippen molar-refractivity contribution >= 4 is 18.3 Å². The molecule has 66 valence electrons. The average Bonchev–Trinajstić information content (AvgIpc) is 2.04. The van der Waals surface area contributed by atoms with Crippen molar-refractivity contribution in [3.8, 4) is 0 Å². The summed E-state index contributed by atoms with van der Waals surface area (Å²) in [6, 6.07) is 1.69. The Kier molecular flexibility index (Phi) is 2.61. The third-order valence-electron chi connectivity index (χ3n) is 1.49. The summed E-state index contributed by atoms with van der Waals surface area (Å²) in [6.45, 7) is 6.44. The lowest BCUT2D eigenvalue weighted by Gasteiger charge is -2.03. The van der Waals surface area contributed by atoms with E-state index in [0.717, 1.165) is 12.1 Å². The van der Waals surface area contributed by atoms with Gasteiger partial charge in [-0.25, -0.2) is 13.6 Å². The average molecular weight is 183 g/mol. The van der Waals surface area contributed by atoms with E-state index in [-0.39, 0.29) is 0 Å². The van der Waals surface area contributed by atoms with E-state index < -0.39 is 29.9 Å². The number of hydrogen-bond acceptors (Lipinski definition) is 2. The summed E-state index contributed by atoms with van der Waals surface area (Å²) in [5, 5.41) is 17.2. The predicted octanol–water partition coefficient (Wildman–Crippen LogP) is 0.195. The molecule has 6 heteroatoms. The summed E-state index contributed by atoms with van der Waals surface area (Å²) < 4.78 is 25.7. The van der Waals surface area contributed by atoms with E-state index in [1.165, 1.54) is 0 Å². The third-order valence-corrected chi connectivity index (χ3v) is 1.49. The minimum absolute atomic E-state index is 0.507. The van der Waals surface area contributed by atoms with Crippen LogP contribution in [-0.4, -0.2) is 17.2 Å². The van der Waals surface area contributed by atoms with Crippen LogP contribution < -0.4 is 5.46 Å². The van der Waals surface area contributed by atoms with E-state index in [4.69, 9.17) is 16.6 Å². The zero-order chi connectivity index (χ0) is 10.0. The molecule has 0 amide bonds. The summed E-state index contributed by atoms with van der Waals surface area (Å²) in [5.74, 6) is -2.25. The normalized spacial score (nSPS) is 9.46. The highest BCUT2D eigenvalue weighted by Gasteiger charge is 2.21. The molecule has 1 rings (SSSR count). The second-order valence-electron chi connectivity index (χ2n) is 2.28. The topological polar surface area (TPSA) is 44.8 Å². The van der Waals surface area contributed by atoms with Gasteiger partial charge < -0.3 is 10.0 Å². The van der Waals surface area contributed by atoms with E-state index in [1.807, 2.05) is 0 Å². The van der Waals surface area contributed by atoms with Crippen molar-refractivity contribution in [2.45, 2.75) is 0 Å². The largest absolute Gasteiger partial charge is 0.490 e. The number of hydrogen-bond donors (Lipinski definition) is 2. The van der Waals surface area contributed by atoms with Crippen molar-refractivity contribution < 1.29 is 18.8 Å². The minimum atomic E-state index is -2.04. The second-order valence-corrected chi connectivity index (χ2v) is 2.28. The minimum Gasteiger partial charge on any atom is -0.423 e. The summed E-state index contributed by atoms with van der Waals surface area (Å²) in [5.41, 5.74) is -1.34. The van der Waals surface area contributed by atoms with Gasteiger partial charge in [0.2, 0.25) is 0 Å². The molecule has 0 heterocycles. The van der Waals surface area contributed by atoms with Gasteiger partial charge in [0.15, 0.2) is 0 Å². The molecule has 1 aromatic rings. The predicted molar refractivity (Wildman–Crippen MR) is 42.4 cm³/mol. The lowest BCUT2D eigenvalue weighted by Crippen LogP contribution is -2.32. The van der Waals surface area contributed by atoms with Crippen LogP contribution in [-0.2, 0) is 0 Å². The summed E-state index contributed by atoms with van der Waals surface area (Å²) in [7, 11) is -2.04. The van der Waals surface area contributed by atoms with Crippen molar-refractivity contribution in [1.82, 2.24) is 0 Å². The van der Waals surface area contributed by atoms with Crippen molar-refractivity contribution in [1.29, 1.82) is 0 Å². The Morgan fingerprint density at radius 3 is 2.38 bits per heavy atom. The molecular weight excluding hydrogens is 179 g/mol. The molecule has 2 N–H and O–H groups in total. The Hall–Kier alpha value is -1.45. The molecule has 0 aromatic heterocycles. The van der Waals surface area contributed by atoms with Gasteiger partial charge in [0, 0.05) is 5.46 Å². The van der Waals surface area contributed by atoms with Gasteiger partial charge >= 0.3 is 7.12 Å². The quantitative estimate of drug-likeness (QED) is 0.482. The van der Waals surface area contributed by atoms with E-state index in [9.17, 15) is 8.78 Å². The highest BCUT2D eigenvalue weighted by atomic mass is 19.1. The molecule has 0 fully saturated rings. The molecule has 0 radical (unpaired) electrons. The molecule has 0 bridgehead atoms. The monoisotopic (exact) mass is 183 g/mol. The zero-order valence-corrected chi connectivity index (χ0v) is 6.33. The van der Waals surface area contributed by atoms with Crippen LogP contribution in [0.4, 0.5) is 14.5 Å². The van der Waals surface area contributed by atoms with Gasteiger partial charge in [-0.15, -0.1) is 0 Å². The van der Waals surface area contributed by atoms with Crippen LogP contribution >= 0.6 is 0 Å². The number of rotatable bonds is 1. The fraction of sp³-hybridized carbons (Fsp3) is 0. The third kappa shape index (κ3) is 1.66. The Bertz CT molecular complexity index is 375. The van der Waals surface area contributed by atoms with Crippen molar-refractivity contribution in [3.63, 3.8) is 0 Å². The van der Waals surface area contributed by atoms with Crippen molar-refractivity contribution in [2.24, 2.45) is 0 Å². The number of nitrogens with zero attached hydrogens (tertiary/aromatic N) is 1. The summed E-state index contributed by atoms with van der Waals surface area (Å²) in [4.78, 5) is 2.59. The molecule has 0 aliphatic rings. The van der Waals surface area contributed by atoms with Crippen molar-refractivity contribution in [3.05, 3.63) is 35.2 Å². The Balaban J connectivity index is 3.38. The standard InChI is InChI=1S/C7H4BF2NO2/c1-11-7-5(9)3-2-4(6(7)10)8(12)13/h2-3,12-13H. The van der Waals surface area contributed by atoms with E-state index in [0.29, 0.717) is 0 Å². The molecule has 0 aliphatic carbocycles. The maximum absolute atomic E-state index is 13.0. The first kappa shape index (κ1) is 9.64. The molecule has 0 saturated heterocycles. The smallest absolute Gasteiger partial charge is 0.423 e. The van der Waals surface area contributed by atoms with Gasteiger partial charge in [0.1, 0.15) is 11.6 Å². The summed E-state index contributed by atoms with van der Waals surface area (Å²) in [6.07, 6.45) is 0. The highest BCUT2D eigenvalue weighted by Crippen LogP contribution is 2.19.